The highest BCUT2D eigenvalue weighted by Gasteiger charge is 2.07. The van der Waals surface area contributed by atoms with Gasteiger partial charge >= 0.3 is 0 Å². The molecule has 4 nitrogen and oxygen atoms in total. The fourth-order valence-corrected chi connectivity index (χ4v) is 2.81. The highest BCUT2D eigenvalue weighted by Crippen LogP contribution is 2.23. The maximum absolute atomic E-state index is 5.35. The van der Waals surface area contributed by atoms with Gasteiger partial charge in [0.1, 0.15) is 11.4 Å². The van der Waals surface area contributed by atoms with Gasteiger partial charge in [0.15, 0.2) is 0 Å². The lowest BCUT2D eigenvalue weighted by molar-refractivity contribution is 0.615. The zero-order valence-corrected chi connectivity index (χ0v) is 11.0. The van der Waals surface area contributed by atoms with Crippen molar-refractivity contribution in [3.63, 3.8) is 0 Å². The quantitative estimate of drug-likeness (QED) is 0.782. The number of nitrogens with zero attached hydrogens (tertiary/aromatic N) is 2. The Kier molecular flexibility index (Phi) is 2.76. The van der Waals surface area contributed by atoms with E-state index in [-0.39, 0.29) is 0 Å². The van der Waals surface area contributed by atoms with E-state index in [0.29, 0.717) is 0 Å². The molecule has 0 radical (unpaired) electrons. The molecule has 3 rings (SSSR count). The number of thiazole rings is 1. The van der Waals surface area contributed by atoms with Crippen LogP contribution in [0, 0.1) is 13.8 Å². The molecule has 3 aromatic heterocycles. The van der Waals surface area contributed by atoms with Crippen LogP contribution in [0.2, 0.25) is 0 Å². The first kappa shape index (κ1) is 11.2. The molecule has 0 aliphatic heterocycles. The summed E-state index contributed by atoms with van der Waals surface area (Å²) >= 11 is 1.72. The molecule has 0 saturated carbocycles. The Bertz CT molecular complexity index is 686. The Labute approximate surface area is 109 Å². The van der Waals surface area contributed by atoms with Crippen molar-refractivity contribution in [1.29, 1.82) is 0 Å². The lowest BCUT2D eigenvalue weighted by Gasteiger charge is -2.04. The lowest BCUT2D eigenvalue weighted by Crippen LogP contribution is -2.01. The van der Waals surface area contributed by atoms with Crippen molar-refractivity contribution in [3.8, 4) is 0 Å². The number of rotatable bonds is 3. The van der Waals surface area contributed by atoms with Crippen LogP contribution in [0.25, 0.3) is 11.0 Å². The third-order valence-electron chi connectivity index (χ3n) is 2.80. The lowest BCUT2D eigenvalue weighted by atomic mass is 10.3. The van der Waals surface area contributed by atoms with Crippen LogP contribution in [0.3, 0.4) is 0 Å². The number of aromatic nitrogens is 2. The van der Waals surface area contributed by atoms with Crippen molar-refractivity contribution in [2.75, 3.05) is 5.32 Å². The minimum absolute atomic E-state index is 0.745. The molecule has 3 aromatic rings. The number of pyridine rings is 1. The third kappa shape index (κ3) is 1.97. The minimum Gasteiger partial charge on any atom is -0.464 e. The summed E-state index contributed by atoms with van der Waals surface area (Å²) < 4.78 is 5.35. The fourth-order valence-electron chi connectivity index (χ4n) is 1.94. The molecule has 0 aromatic carbocycles. The van der Waals surface area contributed by atoms with E-state index in [1.807, 2.05) is 26.0 Å². The first-order valence-electron chi connectivity index (χ1n) is 5.73. The predicted octanol–water partition coefficient (Wildman–Crippen LogP) is 3.51. The van der Waals surface area contributed by atoms with Crippen molar-refractivity contribution in [3.05, 3.63) is 40.2 Å². The Morgan fingerprint density at radius 3 is 3.00 bits per heavy atom. The Morgan fingerprint density at radius 2 is 2.22 bits per heavy atom. The van der Waals surface area contributed by atoms with Crippen LogP contribution in [0.5, 0.6) is 0 Å². The Hall–Kier alpha value is -1.88. The summed E-state index contributed by atoms with van der Waals surface area (Å²) in [5, 5.41) is 5.45. The molecule has 92 valence electrons. The van der Waals surface area contributed by atoms with Crippen LogP contribution in [0.15, 0.2) is 29.0 Å². The molecule has 0 atom stereocenters. The average Bonchev–Trinajstić information content (AvgIpc) is 2.93. The van der Waals surface area contributed by atoms with E-state index in [2.05, 4.69) is 15.3 Å². The monoisotopic (exact) mass is 259 g/mol. The van der Waals surface area contributed by atoms with Gasteiger partial charge in [-0.2, -0.15) is 0 Å². The summed E-state index contributed by atoms with van der Waals surface area (Å²) in [5.74, 6) is 0.853. The van der Waals surface area contributed by atoms with Gasteiger partial charge in [0.25, 0.3) is 0 Å². The number of furan rings is 1. The van der Waals surface area contributed by atoms with Crippen molar-refractivity contribution < 1.29 is 4.42 Å². The number of nitrogens with one attached hydrogen (secondary N) is 1. The molecular weight excluding hydrogens is 246 g/mol. The number of anilines is 1. The summed E-state index contributed by atoms with van der Waals surface area (Å²) in [4.78, 5) is 10.0. The molecule has 0 fully saturated rings. The number of hydrogen-bond donors (Lipinski definition) is 1. The smallest absolute Gasteiger partial charge is 0.139 e. The number of hydrogen-bond acceptors (Lipinski definition) is 5. The zero-order valence-electron chi connectivity index (χ0n) is 10.2. The third-order valence-corrected chi connectivity index (χ3v) is 3.87. The van der Waals surface area contributed by atoms with Crippen molar-refractivity contribution in [2.45, 2.75) is 20.4 Å². The second-order valence-corrected chi connectivity index (χ2v) is 5.37. The Morgan fingerprint density at radius 1 is 1.33 bits per heavy atom. The van der Waals surface area contributed by atoms with Gasteiger partial charge in [0.2, 0.25) is 0 Å². The summed E-state index contributed by atoms with van der Waals surface area (Å²) in [7, 11) is 0. The van der Waals surface area contributed by atoms with Gasteiger partial charge in [-0.15, -0.1) is 11.3 Å². The minimum atomic E-state index is 0.745. The largest absolute Gasteiger partial charge is 0.464 e. The normalized spacial score (nSPS) is 11.0. The van der Waals surface area contributed by atoms with Crippen molar-refractivity contribution in [2.24, 2.45) is 0 Å². The van der Waals surface area contributed by atoms with E-state index in [1.165, 1.54) is 4.88 Å². The van der Waals surface area contributed by atoms with E-state index in [0.717, 1.165) is 34.0 Å². The van der Waals surface area contributed by atoms with Crippen LogP contribution < -0.4 is 5.32 Å². The van der Waals surface area contributed by atoms with E-state index < -0.39 is 0 Å². The van der Waals surface area contributed by atoms with Crippen molar-refractivity contribution in [1.82, 2.24) is 9.97 Å². The maximum Gasteiger partial charge on any atom is 0.139 e. The molecule has 1 N–H and O–H groups in total. The van der Waals surface area contributed by atoms with Crippen LogP contribution in [0.1, 0.15) is 15.6 Å². The molecule has 0 unspecified atom stereocenters. The standard InChI is InChI=1S/C13H13N3OS/c1-8-12(18-9(2)16-8)7-15-13-10-4-6-17-11(10)3-5-14-13/h3-6H,7H2,1-2H3,(H,14,15). The molecule has 0 amide bonds. The fraction of sp³-hybridized carbons (Fsp3) is 0.231. The average molecular weight is 259 g/mol. The van der Waals surface area contributed by atoms with Crippen LogP contribution in [-0.2, 0) is 6.54 Å². The second kappa shape index (κ2) is 4.42. The molecule has 0 spiro atoms. The molecule has 0 bridgehead atoms. The molecule has 0 saturated heterocycles. The topological polar surface area (TPSA) is 51.0 Å². The van der Waals surface area contributed by atoms with Crippen molar-refractivity contribution >= 4 is 28.1 Å². The van der Waals surface area contributed by atoms with Gasteiger partial charge in [0.05, 0.1) is 28.9 Å². The molecule has 5 heteroatoms. The molecule has 18 heavy (non-hydrogen) atoms. The van der Waals surface area contributed by atoms with Crippen LogP contribution in [-0.4, -0.2) is 9.97 Å². The first-order valence-corrected chi connectivity index (χ1v) is 6.54. The Balaban J connectivity index is 1.85. The second-order valence-electron chi connectivity index (χ2n) is 4.09. The number of aryl methyl sites for hydroxylation is 2. The highest BCUT2D eigenvalue weighted by molar-refractivity contribution is 7.11. The predicted molar refractivity (Wildman–Crippen MR) is 72.9 cm³/mol. The molecule has 0 aliphatic rings. The van der Waals surface area contributed by atoms with Crippen LogP contribution >= 0.6 is 11.3 Å². The van der Waals surface area contributed by atoms with Gasteiger partial charge in [0, 0.05) is 11.1 Å². The summed E-state index contributed by atoms with van der Waals surface area (Å²) in [6, 6.07) is 3.79. The van der Waals surface area contributed by atoms with Gasteiger partial charge < -0.3 is 9.73 Å². The van der Waals surface area contributed by atoms with E-state index >= 15 is 0 Å². The maximum atomic E-state index is 5.35. The van der Waals surface area contributed by atoms with Crippen LogP contribution in [0.4, 0.5) is 5.82 Å². The summed E-state index contributed by atoms with van der Waals surface area (Å²) in [5.41, 5.74) is 1.94. The van der Waals surface area contributed by atoms with Gasteiger partial charge in [-0.1, -0.05) is 0 Å². The zero-order chi connectivity index (χ0) is 12.5. The van der Waals surface area contributed by atoms with Gasteiger partial charge in [-0.3, -0.25) is 0 Å². The molecular formula is C13H13N3OS. The van der Waals surface area contributed by atoms with E-state index in [1.54, 1.807) is 23.8 Å². The first-order chi connectivity index (χ1) is 8.74. The van der Waals surface area contributed by atoms with Gasteiger partial charge in [-0.05, 0) is 26.0 Å². The number of fused-ring (bicyclic) bond motifs is 1. The summed E-state index contributed by atoms with van der Waals surface area (Å²) in [6.07, 6.45) is 3.43. The van der Waals surface area contributed by atoms with E-state index in [4.69, 9.17) is 4.42 Å². The SMILES string of the molecule is Cc1nc(C)c(CNc2nccc3occc23)s1. The highest BCUT2D eigenvalue weighted by atomic mass is 32.1. The summed E-state index contributed by atoms with van der Waals surface area (Å²) in [6.45, 7) is 4.80. The molecule has 0 aliphatic carbocycles. The van der Waals surface area contributed by atoms with E-state index in [9.17, 15) is 0 Å². The van der Waals surface area contributed by atoms with Gasteiger partial charge in [-0.25, -0.2) is 9.97 Å². The molecule has 3 heterocycles.